The lowest BCUT2D eigenvalue weighted by Crippen LogP contribution is -2.00. The van der Waals surface area contributed by atoms with E-state index in [9.17, 15) is 0 Å². The Morgan fingerprint density at radius 2 is 2.21 bits per heavy atom. The summed E-state index contributed by atoms with van der Waals surface area (Å²) in [5, 5.41) is 4.25. The first-order valence-electron chi connectivity index (χ1n) is 4.76. The maximum atomic E-state index is 5.37. The van der Waals surface area contributed by atoms with E-state index in [-0.39, 0.29) is 0 Å². The van der Waals surface area contributed by atoms with Crippen molar-refractivity contribution in [2.24, 2.45) is 7.05 Å². The maximum absolute atomic E-state index is 5.37. The molecule has 0 atom stereocenters. The molecule has 0 bridgehead atoms. The van der Waals surface area contributed by atoms with E-state index in [0.29, 0.717) is 5.92 Å². The average Bonchev–Trinajstić information content (AvgIpc) is 2.70. The van der Waals surface area contributed by atoms with Gasteiger partial charge in [-0.3, -0.25) is 4.68 Å². The van der Waals surface area contributed by atoms with Crippen LogP contribution in [0.4, 0.5) is 0 Å². The molecule has 2 aromatic heterocycles. The topological polar surface area (TPSA) is 31.0 Å². The van der Waals surface area contributed by atoms with Crippen LogP contribution in [0.25, 0.3) is 11.3 Å². The van der Waals surface area contributed by atoms with Crippen LogP contribution in [0.5, 0.6) is 0 Å². The molecule has 0 aliphatic carbocycles. The van der Waals surface area contributed by atoms with E-state index < -0.39 is 0 Å². The maximum Gasteiger partial charge on any atom is 0.137 e. The fourth-order valence-electron chi connectivity index (χ4n) is 1.75. The van der Waals surface area contributed by atoms with E-state index in [2.05, 4.69) is 18.9 Å². The summed E-state index contributed by atoms with van der Waals surface area (Å²) in [5.74, 6) is 1.34. The van der Waals surface area contributed by atoms with E-state index in [1.807, 2.05) is 30.1 Å². The molecule has 14 heavy (non-hydrogen) atoms. The van der Waals surface area contributed by atoms with Crippen LogP contribution in [0.3, 0.4) is 0 Å². The van der Waals surface area contributed by atoms with Crippen LogP contribution in [0.15, 0.2) is 29.0 Å². The summed E-state index contributed by atoms with van der Waals surface area (Å²) in [6.45, 7) is 4.31. The summed E-state index contributed by atoms with van der Waals surface area (Å²) in [7, 11) is 1.96. The Balaban J connectivity index is 2.54. The van der Waals surface area contributed by atoms with Crippen LogP contribution >= 0.6 is 0 Å². The zero-order chi connectivity index (χ0) is 10.1. The van der Waals surface area contributed by atoms with Gasteiger partial charge in [-0.05, 0) is 18.1 Å². The first-order chi connectivity index (χ1) is 6.70. The lowest BCUT2D eigenvalue weighted by atomic mass is 10.0. The zero-order valence-electron chi connectivity index (χ0n) is 8.69. The Bertz CT molecular complexity index is 412. The molecule has 0 aliphatic heterocycles. The molecule has 0 aliphatic rings. The lowest BCUT2D eigenvalue weighted by Gasteiger charge is -2.07. The van der Waals surface area contributed by atoms with Gasteiger partial charge in [-0.15, -0.1) is 0 Å². The number of hydrogen-bond acceptors (Lipinski definition) is 2. The molecule has 0 saturated heterocycles. The Kier molecular flexibility index (Phi) is 2.15. The van der Waals surface area contributed by atoms with Gasteiger partial charge in [-0.1, -0.05) is 13.8 Å². The van der Waals surface area contributed by atoms with Crippen molar-refractivity contribution in [3.05, 3.63) is 30.3 Å². The summed E-state index contributed by atoms with van der Waals surface area (Å²) in [5.41, 5.74) is 2.30. The van der Waals surface area contributed by atoms with Crippen molar-refractivity contribution in [1.29, 1.82) is 0 Å². The van der Waals surface area contributed by atoms with Crippen molar-refractivity contribution < 1.29 is 4.42 Å². The predicted octanol–water partition coefficient (Wildman–Crippen LogP) is 2.80. The Labute approximate surface area is 83.3 Å². The number of rotatable bonds is 2. The van der Waals surface area contributed by atoms with E-state index in [0.717, 1.165) is 11.3 Å². The summed E-state index contributed by atoms with van der Waals surface area (Å²) < 4.78 is 7.28. The van der Waals surface area contributed by atoms with Crippen LogP contribution in [0, 0.1) is 0 Å². The molecule has 2 rings (SSSR count). The minimum atomic E-state index is 0.447. The molecular formula is C11H14N2O. The van der Waals surface area contributed by atoms with Crippen LogP contribution in [-0.2, 0) is 7.05 Å². The van der Waals surface area contributed by atoms with E-state index in [1.165, 1.54) is 5.69 Å². The van der Waals surface area contributed by atoms with Crippen molar-refractivity contribution >= 4 is 0 Å². The highest BCUT2D eigenvalue weighted by Crippen LogP contribution is 2.28. The summed E-state index contributed by atoms with van der Waals surface area (Å²) in [6.07, 6.45) is 3.54. The highest BCUT2D eigenvalue weighted by molar-refractivity contribution is 5.60. The van der Waals surface area contributed by atoms with Gasteiger partial charge in [0.2, 0.25) is 0 Å². The van der Waals surface area contributed by atoms with Gasteiger partial charge in [0.15, 0.2) is 0 Å². The first-order valence-corrected chi connectivity index (χ1v) is 4.76. The number of aryl methyl sites for hydroxylation is 1. The Morgan fingerprint density at radius 3 is 2.79 bits per heavy atom. The monoisotopic (exact) mass is 190 g/mol. The van der Waals surface area contributed by atoms with Crippen LogP contribution in [-0.4, -0.2) is 9.78 Å². The summed E-state index contributed by atoms with van der Waals surface area (Å²) in [4.78, 5) is 0. The van der Waals surface area contributed by atoms with Crippen molar-refractivity contribution in [3.8, 4) is 11.3 Å². The molecule has 0 radical (unpaired) electrons. The first kappa shape index (κ1) is 9.06. The zero-order valence-corrected chi connectivity index (χ0v) is 8.69. The number of hydrogen-bond donors (Lipinski definition) is 0. The quantitative estimate of drug-likeness (QED) is 0.729. The predicted molar refractivity (Wildman–Crippen MR) is 55.0 cm³/mol. The van der Waals surface area contributed by atoms with Crippen LogP contribution < -0.4 is 0 Å². The Morgan fingerprint density at radius 1 is 1.43 bits per heavy atom. The molecule has 2 heterocycles. The standard InChI is InChI=1S/C11H14N2O/c1-8(2)11-9(7-12-13(11)3)10-5-4-6-14-10/h4-8H,1-3H3. The number of nitrogens with zero attached hydrogens (tertiary/aromatic N) is 2. The summed E-state index contributed by atoms with van der Waals surface area (Å²) >= 11 is 0. The van der Waals surface area contributed by atoms with E-state index in [4.69, 9.17) is 4.42 Å². The normalized spacial score (nSPS) is 11.1. The van der Waals surface area contributed by atoms with Gasteiger partial charge in [0.25, 0.3) is 0 Å². The molecule has 0 N–H and O–H groups in total. The van der Waals surface area contributed by atoms with Gasteiger partial charge < -0.3 is 4.42 Å². The van der Waals surface area contributed by atoms with E-state index >= 15 is 0 Å². The van der Waals surface area contributed by atoms with Crippen molar-refractivity contribution in [3.63, 3.8) is 0 Å². The molecule has 0 spiro atoms. The van der Waals surface area contributed by atoms with Gasteiger partial charge in [0.05, 0.1) is 23.7 Å². The second-order valence-electron chi connectivity index (χ2n) is 3.70. The summed E-state index contributed by atoms with van der Waals surface area (Å²) in [6, 6.07) is 3.86. The third-order valence-corrected chi connectivity index (χ3v) is 2.32. The SMILES string of the molecule is CC(C)c1c(-c2ccco2)cnn1C. The fourth-order valence-corrected chi connectivity index (χ4v) is 1.75. The van der Waals surface area contributed by atoms with Gasteiger partial charge in [0.1, 0.15) is 5.76 Å². The third-order valence-electron chi connectivity index (χ3n) is 2.32. The molecule has 2 aromatic rings. The van der Waals surface area contributed by atoms with Crippen LogP contribution in [0.2, 0.25) is 0 Å². The molecule has 0 unspecified atom stereocenters. The van der Waals surface area contributed by atoms with Gasteiger partial charge in [0, 0.05) is 7.05 Å². The van der Waals surface area contributed by atoms with Crippen LogP contribution in [0.1, 0.15) is 25.5 Å². The minimum absolute atomic E-state index is 0.447. The minimum Gasteiger partial charge on any atom is -0.464 e. The smallest absolute Gasteiger partial charge is 0.137 e. The van der Waals surface area contributed by atoms with E-state index in [1.54, 1.807) is 6.26 Å². The third kappa shape index (κ3) is 1.35. The fraction of sp³-hybridized carbons (Fsp3) is 0.364. The van der Waals surface area contributed by atoms with Gasteiger partial charge in [-0.25, -0.2) is 0 Å². The Hall–Kier alpha value is -1.51. The lowest BCUT2D eigenvalue weighted by molar-refractivity contribution is 0.579. The molecule has 0 aromatic carbocycles. The molecule has 0 fully saturated rings. The van der Waals surface area contributed by atoms with Crippen molar-refractivity contribution in [2.45, 2.75) is 19.8 Å². The highest BCUT2D eigenvalue weighted by atomic mass is 16.3. The van der Waals surface area contributed by atoms with Crippen molar-refractivity contribution in [1.82, 2.24) is 9.78 Å². The second-order valence-corrected chi connectivity index (χ2v) is 3.70. The molecule has 3 nitrogen and oxygen atoms in total. The molecule has 0 amide bonds. The average molecular weight is 190 g/mol. The van der Waals surface area contributed by atoms with Gasteiger partial charge >= 0.3 is 0 Å². The van der Waals surface area contributed by atoms with Gasteiger partial charge in [-0.2, -0.15) is 5.10 Å². The second kappa shape index (κ2) is 3.33. The number of furan rings is 1. The van der Waals surface area contributed by atoms with Crippen molar-refractivity contribution in [2.75, 3.05) is 0 Å². The molecular weight excluding hydrogens is 176 g/mol. The molecule has 3 heteroatoms. The number of aromatic nitrogens is 2. The molecule has 0 saturated carbocycles. The largest absolute Gasteiger partial charge is 0.464 e. The molecule has 74 valence electrons. The highest BCUT2D eigenvalue weighted by Gasteiger charge is 2.15.